The van der Waals surface area contributed by atoms with Crippen molar-refractivity contribution in [3.05, 3.63) is 21.4 Å². The van der Waals surface area contributed by atoms with Crippen molar-refractivity contribution < 1.29 is 4.79 Å². The van der Waals surface area contributed by atoms with E-state index < -0.39 is 0 Å². The van der Waals surface area contributed by atoms with Crippen LogP contribution in [0.3, 0.4) is 0 Å². The molecule has 0 aromatic carbocycles. The maximum atomic E-state index is 12.2. The summed E-state index contributed by atoms with van der Waals surface area (Å²) in [5, 5.41) is 16.5. The van der Waals surface area contributed by atoms with Gasteiger partial charge in [0.1, 0.15) is 10.2 Å². The van der Waals surface area contributed by atoms with Gasteiger partial charge in [0.25, 0.3) is 5.91 Å². The number of nitrogens with zero attached hydrogens (tertiary/aromatic N) is 4. The van der Waals surface area contributed by atoms with Crippen LogP contribution in [0.5, 0.6) is 0 Å². The fourth-order valence-corrected chi connectivity index (χ4v) is 2.99. The fraction of sp³-hybridized carbons (Fsp3) is 0.500. The Morgan fingerprint density at radius 2 is 2.15 bits per heavy atom. The molecule has 0 aliphatic rings. The quantitative estimate of drug-likeness (QED) is 0.942. The molecule has 0 saturated heterocycles. The van der Waals surface area contributed by atoms with E-state index in [0.29, 0.717) is 27.5 Å². The molecule has 8 heteroatoms. The Hall–Kier alpha value is -1.47. The molecule has 6 nitrogen and oxygen atoms in total. The highest BCUT2D eigenvalue weighted by Crippen LogP contribution is 2.22. The summed E-state index contributed by atoms with van der Waals surface area (Å²) < 4.78 is 1.47. The molecule has 2 heterocycles. The zero-order valence-corrected chi connectivity index (χ0v) is 13.3. The minimum absolute atomic E-state index is 0.312. The largest absolute Gasteiger partial charge is 0.296 e. The molecule has 0 aliphatic carbocycles. The number of amides is 1. The van der Waals surface area contributed by atoms with Crippen LogP contribution in [0, 0.1) is 12.8 Å². The molecule has 108 valence electrons. The lowest BCUT2D eigenvalue weighted by Crippen LogP contribution is -2.13. The van der Waals surface area contributed by atoms with Gasteiger partial charge < -0.3 is 0 Å². The molecule has 1 N–H and O–H groups in total. The van der Waals surface area contributed by atoms with Crippen molar-refractivity contribution in [1.82, 2.24) is 20.0 Å². The lowest BCUT2D eigenvalue weighted by molar-refractivity contribution is 0.102. The lowest BCUT2D eigenvalue weighted by Gasteiger charge is -2.00. The highest BCUT2D eigenvalue weighted by atomic mass is 35.5. The van der Waals surface area contributed by atoms with Crippen LogP contribution >= 0.6 is 22.9 Å². The maximum absolute atomic E-state index is 12.2. The molecule has 2 aromatic rings. The van der Waals surface area contributed by atoms with Gasteiger partial charge in [0.2, 0.25) is 5.13 Å². The smallest absolute Gasteiger partial charge is 0.262 e. The molecule has 1 amide bonds. The second-order valence-corrected chi connectivity index (χ2v) is 6.35. The number of anilines is 1. The van der Waals surface area contributed by atoms with Gasteiger partial charge in [-0.15, -0.1) is 10.2 Å². The summed E-state index contributed by atoms with van der Waals surface area (Å²) >= 11 is 7.43. The van der Waals surface area contributed by atoms with E-state index in [9.17, 15) is 4.79 Å². The van der Waals surface area contributed by atoms with E-state index in [2.05, 4.69) is 34.5 Å². The lowest BCUT2D eigenvalue weighted by atomic mass is 10.1. The molecule has 0 fully saturated rings. The number of nitrogens with one attached hydrogen (secondary N) is 1. The second kappa shape index (κ2) is 5.88. The van der Waals surface area contributed by atoms with Crippen molar-refractivity contribution in [2.24, 2.45) is 13.0 Å². The SMILES string of the molecule is Cc1nn(C)c(Cl)c1C(=O)Nc1nnc(CC(C)C)s1. The van der Waals surface area contributed by atoms with Gasteiger partial charge in [-0.3, -0.25) is 14.8 Å². The molecule has 0 atom stereocenters. The number of rotatable bonds is 4. The Kier molecular flexibility index (Phi) is 4.39. The number of aromatic nitrogens is 4. The first kappa shape index (κ1) is 14.9. The first-order chi connectivity index (χ1) is 9.38. The molecule has 0 unspecified atom stereocenters. The minimum Gasteiger partial charge on any atom is -0.296 e. The van der Waals surface area contributed by atoms with Crippen molar-refractivity contribution in [2.45, 2.75) is 27.2 Å². The Labute approximate surface area is 126 Å². The van der Waals surface area contributed by atoms with Crippen LogP contribution in [0.1, 0.15) is 34.9 Å². The van der Waals surface area contributed by atoms with Crippen molar-refractivity contribution in [1.29, 1.82) is 0 Å². The molecular formula is C12H16ClN5OS. The van der Waals surface area contributed by atoms with E-state index in [4.69, 9.17) is 11.6 Å². The average Bonchev–Trinajstić information content (AvgIpc) is 2.84. The van der Waals surface area contributed by atoms with E-state index in [1.807, 2.05) is 0 Å². The number of hydrogen-bond acceptors (Lipinski definition) is 5. The summed E-state index contributed by atoms with van der Waals surface area (Å²) in [7, 11) is 1.69. The maximum Gasteiger partial charge on any atom is 0.262 e. The molecule has 0 saturated carbocycles. The number of halogens is 1. The topological polar surface area (TPSA) is 72.7 Å². The van der Waals surface area contributed by atoms with Crippen LogP contribution in [0.4, 0.5) is 5.13 Å². The standard InChI is InChI=1S/C12H16ClN5OS/c1-6(2)5-8-15-16-12(20-8)14-11(19)9-7(3)17-18(4)10(9)13/h6H,5H2,1-4H3,(H,14,16,19). The minimum atomic E-state index is -0.312. The Balaban J connectivity index is 2.13. The summed E-state index contributed by atoms with van der Waals surface area (Å²) in [5.74, 6) is 0.189. The van der Waals surface area contributed by atoms with E-state index in [1.165, 1.54) is 16.0 Å². The predicted molar refractivity (Wildman–Crippen MR) is 79.4 cm³/mol. The summed E-state index contributed by atoms with van der Waals surface area (Å²) in [4.78, 5) is 12.2. The highest BCUT2D eigenvalue weighted by molar-refractivity contribution is 7.15. The summed E-state index contributed by atoms with van der Waals surface area (Å²) in [6.45, 7) is 5.96. The number of aryl methyl sites for hydroxylation is 2. The third kappa shape index (κ3) is 3.16. The van der Waals surface area contributed by atoms with Crippen molar-refractivity contribution >= 4 is 34.0 Å². The summed E-state index contributed by atoms with van der Waals surface area (Å²) in [6, 6.07) is 0. The van der Waals surface area contributed by atoms with Gasteiger partial charge in [0.05, 0.1) is 11.3 Å². The van der Waals surface area contributed by atoms with Crippen LogP contribution in [0.15, 0.2) is 0 Å². The Morgan fingerprint density at radius 1 is 1.45 bits per heavy atom. The van der Waals surface area contributed by atoms with Gasteiger partial charge >= 0.3 is 0 Å². The van der Waals surface area contributed by atoms with Crippen molar-refractivity contribution in [2.75, 3.05) is 5.32 Å². The molecule has 0 spiro atoms. The normalized spacial score (nSPS) is 11.1. The van der Waals surface area contributed by atoms with E-state index in [1.54, 1.807) is 14.0 Å². The van der Waals surface area contributed by atoms with Crippen LogP contribution in [0.25, 0.3) is 0 Å². The second-order valence-electron chi connectivity index (χ2n) is 4.93. The van der Waals surface area contributed by atoms with Gasteiger partial charge in [-0.25, -0.2) is 0 Å². The third-order valence-corrected chi connectivity index (χ3v) is 3.94. The van der Waals surface area contributed by atoms with Gasteiger partial charge in [-0.2, -0.15) is 5.10 Å². The van der Waals surface area contributed by atoms with Gasteiger partial charge in [0, 0.05) is 13.5 Å². The Bertz CT molecular complexity index is 634. The highest BCUT2D eigenvalue weighted by Gasteiger charge is 2.20. The number of carbonyl (C=O) groups is 1. The first-order valence-corrected chi connectivity index (χ1v) is 7.40. The van der Waals surface area contributed by atoms with Gasteiger partial charge in [-0.05, 0) is 12.8 Å². The zero-order valence-electron chi connectivity index (χ0n) is 11.8. The van der Waals surface area contributed by atoms with E-state index in [0.717, 1.165) is 11.4 Å². The molecule has 2 rings (SSSR count). The zero-order chi connectivity index (χ0) is 14.9. The van der Waals surface area contributed by atoms with Gasteiger partial charge in [-0.1, -0.05) is 36.8 Å². The van der Waals surface area contributed by atoms with Crippen molar-refractivity contribution in [3.63, 3.8) is 0 Å². The molecule has 0 radical (unpaired) electrons. The molecule has 20 heavy (non-hydrogen) atoms. The summed E-state index contributed by atoms with van der Waals surface area (Å²) in [5.41, 5.74) is 0.955. The molecule has 0 aliphatic heterocycles. The number of hydrogen-bond donors (Lipinski definition) is 1. The Morgan fingerprint density at radius 3 is 2.70 bits per heavy atom. The monoisotopic (exact) mass is 313 g/mol. The molecule has 2 aromatic heterocycles. The summed E-state index contributed by atoms with van der Waals surface area (Å²) in [6.07, 6.45) is 0.847. The fourth-order valence-electron chi connectivity index (χ4n) is 1.78. The van der Waals surface area contributed by atoms with Crippen LogP contribution < -0.4 is 5.32 Å². The molecular weight excluding hydrogens is 298 g/mol. The first-order valence-electron chi connectivity index (χ1n) is 6.21. The third-order valence-electron chi connectivity index (χ3n) is 2.65. The average molecular weight is 314 g/mol. The molecule has 0 bridgehead atoms. The van der Waals surface area contributed by atoms with Gasteiger partial charge in [0.15, 0.2) is 0 Å². The predicted octanol–water partition coefficient (Wildman–Crippen LogP) is 2.68. The van der Waals surface area contributed by atoms with E-state index in [-0.39, 0.29) is 5.91 Å². The van der Waals surface area contributed by atoms with Crippen LogP contribution in [-0.2, 0) is 13.5 Å². The van der Waals surface area contributed by atoms with Crippen LogP contribution in [0.2, 0.25) is 5.15 Å². The van der Waals surface area contributed by atoms with Crippen LogP contribution in [-0.4, -0.2) is 25.9 Å². The number of carbonyl (C=O) groups excluding carboxylic acids is 1. The van der Waals surface area contributed by atoms with Crippen molar-refractivity contribution in [3.8, 4) is 0 Å². The van der Waals surface area contributed by atoms with E-state index >= 15 is 0 Å².